The van der Waals surface area contributed by atoms with Gasteiger partial charge in [-0.2, -0.15) is 0 Å². The quantitative estimate of drug-likeness (QED) is 0.488. The first-order valence-electron chi connectivity index (χ1n) is 11.2. The van der Waals surface area contributed by atoms with E-state index in [2.05, 4.69) is 5.32 Å². The molecular formula is C27H30N2O5. The fourth-order valence-electron chi connectivity index (χ4n) is 4.19. The third kappa shape index (κ3) is 4.79. The lowest BCUT2D eigenvalue weighted by Crippen LogP contribution is -2.33. The number of aromatic hydroxyl groups is 1. The molecule has 3 aromatic carbocycles. The van der Waals surface area contributed by atoms with Gasteiger partial charge in [-0.15, -0.1) is 0 Å². The van der Waals surface area contributed by atoms with Crippen LogP contribution in [0.2, 0.25) is 0 Å². The van der Waals surface area contributed by atoms with Crippen molar-refractivity contribution < 1.29 is 24.1 Å². The summed E-state index contributed by atoms with van der Waals surface area (Å²) in [6.45, 7) is 2.36. The van der Waals surface area contributed by atoms with Crippen LogP contribution in [0.1, 0.15) is 42.2 Å². The Bertz CT molecular complexity index is 1180. The third-order valence-corrected chi connectivity index (χ3v) is 5.88. The molecule has 7 heteroatoms. The molecule has 1 heterocycles. The number of rotatable bonds is 8. The molecule has 34 heavy (non-hydrogen) atoms. The van der Waals surface area contributed by atoms with Crippen molar-refractivity contribution in [2.45, 2.75) is 25.6 Å². The topological polar surface area (TPSA) is 81.5 Å². The van der Waals surface area contributed by atoms with Gasteiger partial charge < -0.3 is 24.1 Å². The Labute approximate surface area is 200 Å². The van der Waals surface area contributed by atoms with Crippen molar-refractivity contribution in [3.63, 3.8) is 0 Å². The van der Waals surface area contributed by atoms with Crippen LogP contribution in [0.25, 0.3) is 0 Å². The average molecular weight is 463 g/mol. The van der Waals surface area contributed by atoms with E-state index in [-0.39, 0.29) is 11.8 Å². The lowest BCUT2D eigenvalue weighted by molar-refractivity contribution is 0.313. The second-order valence-electron chi connectivity index (χ2n) is 7.87. The average Bonchev–Trinajstić information content (AvgIpc) is 2.89. The first-order chi connectivity index (χ1) is 16.6. The molecule has 0 aromatic heterocycles. The molecule has 0 radical (unpaired) electrons. The summed E-state index contributed by atoms with van der Waals surface area (Å²) in [5.41, 5.74) is 3.43. The molecule has 0 saturated carbocycles. The number of para-hydroxylation sites is 1. The van der Waals surface area contributed by atoms with E-state index in [0.717, 1.165) is 28.2 Å². The molecule has 0 amide bonds. The predicted octanol–water partition coefficient (Wildman–Crippen LogP) is 5.04. The molecule has 0 bridgehead atoms. The van der Waals surface area contributed by atoms with Gasteiger partial charge in [0.15, 0.2) is 11.5 Å². The number of phenols is 1. The molecular weight excluding hydrogens is 432 g/mol. The number of hydrogen-bond acceptors (Lipinski definition) is 7. The summed E-state index contributed by atoms with van der Waals surface area (Å²) in [5.74, 6) is 2.75. The van der Waals surface area contributed by atoms with E-state index in [0.29, 0.717) is 30.3 Å². The molecule has 0 aliphatic carbocycles. The molecule has 0 unspecified atom stereocenters. The number of nitrogens with zero attached hydrogens (tertiary/aromatic N) is 1. The summed E-state index contributed by atoms with van der Waals surface area (Å²) in [4.78, 5) is 5.05. The van der Waals surface area contributed by atoms with Gasteiger partial charge in [-0.3, -0.25) is 10.3 Å². The van der Waals surface area contributed by atoms with E-state index in [9.17, 15) is 5.11 Å². The Kier molecular flexibility index (Phi) is 7.23. The summed E-state index contributed by atoms with van der Waals surface area (Å²) in [5, 5.41) is 14.6. The molecule has 1 aliphatic heterocycles. The van der Waals surface area contributed by atoms with Crippen molar-refractivity contribution in [3.05, 3.63) is 77.4 Å². The summed E-state index contributed by atoms with van der Waals surface area (Å²) in [6, 6.07) is 18.8. The van der Waals surface area contributed by atoms with Gasteiger partial charge in [0.25, 0.3) is 0 Å². The Morgan fingerprint density at radius 3 is 2.38 bits per heavy atom. The van der Waals surface area contributed by atoms with E-state index in [4.69, 9.17) is 23.9 Å². The van der Waals surface area contributed by atoms with Crippen molar-refractivity contribution >= 4 is 5.71 Å². The minimum absolute atomic E-state index is 0.130. The molecule has 0 spiro atoms. The molecule has 3 aromatic rings. The summed E-state index contributed by atoms with van der Waals surface area (Å²) < 4.78 is 22.2. The standard InChI is InChI=1S/C27H30N2O5/c1-5-34-25-11-7-10-20(26(25)30)23-16-22(17-8-6-9-18(14-17)31-2)28-27(29-23)21-15-19(32-3)12-13-24(21)33-4/h6-15,23,27,29-30H,5,16H2,1-4H3/t23-,27+/m1/s1. The van der Waals surface area contributed by atoms with E-state index in [1.807, 2.05) is 61.5 Å². The Morgan fingerprint density at radius 2 is 1.65 bits per heavy atom. The van der Waals surface area contributed by atoms with Gasteiger partial charge in [0.05, 0.1) is 27.9 Å². The Balaban J connectivity index is 1.82. The number of phenolic OH excluding ortho intramolecular Hbond substituents is 1. The highest BCUT2D eigenvalue weighted by molar-refractivity contribution is 6.02. The SMILES string of the molecule is CCOc1cccc([C@H]2CC(c3cccc(OC)c3)=N[C@H](c3cc(OC)ccc3OC)N2)c1O. The zero-order valence-electron chi connectivity index (χ0n) is 19.9. The van der Waals surface area contributed by atoms with E-state index in [1.54, 1.807) is 27.4 Å². The van der Waals surface area contributed by atoms with Gasteiger partial charge in [-0.25, -0.2) is 0 Å². The number of hydrogen-bond donors (Lipinski definition) is 2. The first-order valence-corrected chi connectivity index (χ1v) is 11.2. The molecule has 7 nitrogen and oxygen atoms in total. The predicted molar refractivity (Wildman–Crippen MR) is 132 cm³/mol. The van der Waals surface area contributed by atoms with Gasteiger partial charge in [-0.1, -0.05) is 24.3 Å². The van der Waals surface area contributed by atoms with Gasteiger partial charge >= 0.3 is 0 Å². The first kappa shape index (κ1) is 23.4. The number of ether oxygens (including phenoxy) is 4. The number of methoxy groups -OCH3 is 3. The smallest absolute Gasteiger partial charge is 0.162 e. The van der Waals surface area contributed by atoms with Crippen LogP contribution in [0, 0.1) is 0 Å². The highest BCUT2D eigenvalue weighted by Gasteiger charge is 2.30. The Morgan fingerprint density at radius 1 is 0.882 bits per heavy atom. The maximum atomic E-state index is 11.0. The van der Waals surface area contributed by atoms with Gasteiger partial charge in [0.1, 0.15) is 23.4 Å². The lowest BCUT2D eigenvalue weighted by Gasteiger charge is -2.32. The minimum atomic E-state index is -0.430. The van der Waals surface area contributed by atoms with Crippen molar-refractivity contribution in [2.24, 2.45) is 4.99 Å². The zero-order valence-corrected chi connectivity index (χ0v) is 19.9. The maximum absolute atomic E-state index is 11.0. The second-order valence-corrected chi connectivity index (χ2v) is 7.87. The number of aliphatic imine (C=N–C) groups is 1. The minimum Gasteiger partial charge on any atom is -0.504 e. The van der Waals surface area contributed by atoms with Crippen molar-refractivity contribution in [3.8, 4) is 28.7 Å². The van der Waals surface area contributed by atoms with Crippen molar-refractivity contribution in [2.75, 3.05) is 27.9 Å². The van der Waals surface area contributed by atoms with Crippen LogP contribution in [0.3, 0.4) is 0 Å². The van der Waals surface area contributed by atoms with Gasteiger partial charge in [0, 0.05) is 29.3 Å². The van der Waals surface area contributed by atoms with Gasteiger partial charge in [0.2, 0.25) is 0 Å². The summed E-state index contributed by atoms with van der Waals surface area (Å²) in [7, 11) is 4.91. The van der Waals surface area contributed by atoms with Crippen LogP contribution in [-0.2, 0) is 0 Å². The molecule has 2 N–H and O–H groups in total. The fourth-order valence-corrected chi connectivity index (χ4v) is 4.19. The molecule has 4 rings (SSSR count). The van der Waals surface area contributed by atoms with E-state index in [1.165, 1.54) is 0 Å². The normalized spacial score (nSPS) is 17.6. The Hall–Kier alpha value is -3.71. The summed E-state index contributed by atoms with van der Waals surface area (Å²) in [6.07, 6.45) is 0.138. The molecule has 178 valence electrons. The second kappa shape index (κ2) is 10.5. The van der Waals surface area contributed by atoms with Gasteiger partial charge in [-0.05, 0) is 48.9 Å². The fraction of sp³-hybridized carbons (Fsp3) is 0.296. The van der Waals surface area contributed by atoms with Crippen molar-refractivity contribution in [1.82, 2.24) is 5.32 Å². The van der Waals surface area contributed by atoms with Crippen LogP contribution in [0.4, 0.5) is 0 Å². The molecule has 2 atom stereocenters. The van der Waals surface area contributed by atoms with Crippen LogP contribution >= 0.6 is 0 Å². The molecule has 0 saturated heterocycles. The zero-order chi connectivity index (χ0) is 24.1. The lowest BCUT2D eigenvalue weighted by atomic mass is 9.93. The third-order valence-electron chi connectivity index (χ3n) is 5.88. The van der Waals surface area contributed by atoms with Crippen LogP contribution in [-0.4, -0.2) is 38.8 Å². The number of benzene rings is 3. The maximum Gasteiger partial charge on any atom is 0.162 e. The molecule has 1 aliphatic rings. The van der Waals surface area contributed by atoms with Crippen molar-refractivity contribution in [1.29, 1.82) is 0 Å². The monoisotopic (exact) mass is 462 g/mol. The van der Waals surface area contributed by atoms with Crippen LogP contribution < -0.4 is 24.3 Å². The molecule has 0 fully saturated rings. The summed E-state index contributed by atoms with van der Waals surface area (Å²) >= 11 is 0. The number of nitrogens with one attached hydrogen (secondary N) is 1. The van der Waals surface area contributed by atoms with Crippen LogP contribution in [0.5, 0.6) is 28.7 Å². The van der Waals surface area contributed by atoms with Crippen LogP contribution in [0.15, 0.2) is 65.7 Å². The highest BCUT2D eigenvalue weighted by atomic mass is 16.5. The highest BCUT2D eigenvalue weighted by Crippen LogP contribution is 2.41. The van der Waals surface area contributed by atoms with E-state index >= 15 is 0 Å². The van der Waals surface area contributed by atoms with E-state index < -0.39 is 6.17 Å². The largest absolute Gasteiger partial charge is 0.504 e.